The first-order chi connectivity index (χ1) is 17.0. The number of pyridine rings is 3. The normalized spacial score (nSPS) is 18.3. The maximum absolute atomic E-state index is 13.5. The lowest BCUT2D eigenvalue weighted by Gasteiger charge is -2.43. The number of nitrogens with two attached hydrogens (primary N) is 1. The van der Waals surface area contributed by atoms with Gasteiger partial charge in [0.1, 0.15) is 5.52 Å². The summed E-state index contributed by atoms with van der Waals surface area (Å²) in [7, 11) is 1.82. The van der Waals surface area contributed by atoms with Gasteiger partial charge in [-0.25, -0.2) is 9.78 Å². The van der Waals surface area contributed by atoms with E-state index in [9.17, 15) is 9.59 Å². The van der Waals surface area contributed by atoms with E-state index in [0.717, 1.165) is 64.1 Å². The fourth-order valence-corrected chi connectivity index (χ4v) is 5.40. The van der Waals surface area contributed by atoms with Crippen molar-refractivity contribution in [3.63, 3.8) is 0 Å². The molecule has 0 aromatic carbocycles. The number of anilines is 1. The van der Waals surface area contributed by atoms with Gasteiger partial charge >= 0.3 is 6.03 Å². The van der Waals surface area contributed by atoms with Gasteiger partial charge in [0.15, 0.2) is 0 Å². The number of urea groups is 1. The van der Waals surface area contributed by atoms with Crippen LogP contribution in [-0.4, -0.2) is 69.4 Å². The highest BCUT2D eigenvalue weighted by atomic mass is 16.2. The summed E-state index contributed by atoms with van der Waals surface area (Å²) < 4.78 is 0. The van der Waals surface area contributed by atoms with Gasteiger partial charge in [-0.1, -0.05) is 12.2 Å². The zero-order valence-corrected chi connectivity index (χ0v) is 19.6. The molecule has 2 N–H and O–H groups in total. The highest BCUT2D eigenvalue weighted by molar-refractivity contribution is 6.04. The number of aromatic nitrogens is 3. The van der Waals surface area contributed by atoms with Crippen LogP contribution in [0.25, 0.3) is 28.4 Å². The van der Waals surface area contributed by atoms with Gasteiger partial charge in [0, 0.05) is 56.1 Å². The molecule has 3 aromatic rings. The molecule has 1 aliphatic carbocycles. The van der Waals surface area contributed by atoms with Crippen molar-refractivity contribution in [2.45, 2.75) is 31.8 Å². The third-order valence-corrected chi connectivity index (χ3v) is 7.15. The number of fused-ring (bicyclic) bond motifs is 4. The van der Waals surface area contributed by atoms with Crippen molar-refractivity contribution in [2.24, 2.45) is 5.73 Å². The van der Waals surface area contributed by atoms with Gasteiger partial charge in [-0.3, -0.25) is 24.6 Å². The molecule has 35 heavy (non-hydrogen) atoms. The van der Waals surface area contributed by atoms with Gasteiger partial charge in [0.2, 0.25) is 5.91 Å². The number of primary amides is 1. The van der Waals surface area contributed by atoms with E-state index >= 15 is 0 Å². The number of hydrogen-bond acceptors (Lipinski definition) is 6. The molecular formula is C26H27N7O2. The molecular weight excluding hydrogens is 442 g/mol. The third-order valence-electron chi connectivity index (χ3n) is 7.15. The number of carbonyl (C=O) groups is 2. The topological polar surface area (TPSA) is 109 Å². The summed E-state index contributed by atoms with van der Waals surface area (Å²) >= 11 is 0. The minimum atomic E-state index is -0.326. The Kier molecular flexibility index (Phi) is 5.21. The number of amides is 3. The van der Waals surface area contributed by atoms with E-state index in [2.05, 4.69) is 28.2 Å². The van der Waals surface area contributed by atoms with E-state index in [1.165, 1.54) is 0 Å². The minimum Gasteiger partial charge on any atom is -0.369 e. The molecule has 6 rings (SSSR count). The Balaban J connectivity index is 1.41. The molecule has 0 radical (unpaired) electrons. The maximum atomic E-state index is 13.5. The first-order valence-corrected chi connectivity index (χ1v) is 12.0. The van der Waals surface area contributed by atoms with Crippen LogP contribution in [0.5, 0.6) is 0 Å². The largest absolute Gasteiger partial charge is 0.369 e. The zero-order valence-electron chi connectivity index (χ0n) is 19.6. The molecule has 9 nitrogen and oxygen atoms in total. The molecule has 2 aliphatic heterocycles. The lowest BCUT2D eigenvalue weighted by molar-refractivity contribution is -0.119. The highest BCUT2D eigenvalue weighted by Crippen LogP contribution is 2.38. The van der Waals surface area contributed by atoms with Crippen LogP contribution < -0.4 is 10.6 Å². The average Bonchev–Trinajstić information content (AvgIpc) is 3.33. The van der Waals surface area contributed by atoms with Crippen LogP contribution in [0, 0.1) is 0 Å². The number of likely N-dealkylation sites (tertiary alicyclic amines) is 1. The minimum absolute atomic E-state index is 0.0102. The van der Waals surface area contributed by atoms with Crippen molar-refractivity contribution >= 4 is 34.7 Å². The number of nitrogens with zero attached hydrogens (tertiary/aromatic N) is 6. The Labute approximate surface area is 203 Å². The molecule has 1 fully saturated rings. The predicted molar refractivity (Wildman–Crippen MR) is 134 cm³/mol. The third kappa shape index (κ3) is 3.81. The summed E-state index contributed by atoms with van der Waals surface area (Å²) in [5.41, 5.74) is 12.7. The monoisotopic (exact) mass is 469 g/mol. The van der Waals surface area contributed by atoms with Crippen molar-refractivity contribution in [1.82, 2.24) is 24.8 Å². The molecule has 0 atom stereocenters. The molecule has 178 valence electrons. The maximum Gasteiger partial charge on any atom is 0.324 e. The number of hydrogen-bond donors (Lipinski definition) is 1. The quantitative estimate of drug-likeness (QED) is 0.629. The van der Waals surface area contributed by atoms with Gasteiger partial charge in [-0.15, -0.1) is 0 Å². The van der Waals surface area contributed by atoms with Crippen molar-refractivity contribution < 1.29 is 9.59 Å². The summed E-state index contributed by atoms with van der Waals surface area (Å²) in [6, 6.07) is 6.03. The second-order valence-electron chi connectivity index (χ2n) is 9.54. The van der Waals surface area contributed by atoms with E-state index in [0.29, 0.717) is 19.6 Å². The second-order valence-corrected chi connectivity index (χ2v) is 9.54. The van der Waals surface area contributed by atoms with Gasteiger partial charge in [-0.05, 0) is 36.6 Å². The van der Waals surface area contributed by atoms with E-state index in [-0.39, 0.29) is 24.5 Å². The van der Waals surface area contributed by atoms with E-state index < -0.39 is 0 Å². The van der Waals surface area contributed by atoms with Crippen LogP contribution in [0.4, 0.5) is 10.5 Å². The number of carbonyl (C=O) groups excluding carboxylic acids is 2. The van der Waals surface area contributed by atoms with Crippen LogP contribution in [0.2, 0.25) is 0 Å². The fourth-order valence-electron chi connectivity index (χ4n) is 5.40. The van der Waals surface area contributed by atoms with E-state index in [1.807, 2.05) is 41.4 Å². The molecule has 1 saturated heterocycles. The SMILES string of the molecule is CN1Cc2cnc3ccc(-c4cnc5c(c4)C=CC5)nc3c2N(C2CCN(CC(N)=O)CC2)C1=O. The van der Waals surface area contributed by atoms with Gasteiger partial charge < -0.3 is 10.6 Å². The molecule has 0 unspecified atom stereocenters. The molecule has 9 heteroatoms. The number of allylic oxidation sites excluding steroid dienone is 1. The van der Waals surface area contributed by atoms with Gasteiger partial charge in [-0.2, -0.15) is 0 Å². The van der Waals surface area contributed by atoms with Gasteiger partial charge in [0.05, 0.1) is 35.7 Å². The summed E-state index contributed by atoms with van der Waals surface area (Å²) in [6.45, 7) is 2.17. The Hall–Kier alpha value is -3.85. The predicted octanol–water partition coefficient (Wildman–Crippen LogP) is 2.58. The van der Waals surface area contributed by atoms with E-state index in [1.54, 1.807) is 4.90 Å². The number of piperidine rings is 1. The van der Waals surface area contributed by atoms with Crippen molar-refractivity contribution in [3.8, 4) is 11.3 Å². The smallest absolute Gasteiger partial charge is 0.324 e. The van der Waals surface area contributed by atoms with Crippen LogP contribution in [-0.2, 0) is 17.8 Å². The van der Waals surface area contributed by atoms with Crippen molar-refractivity contribution in [3.05, 3.63) is 53.5 Å². The van der Waals surface area contributed by atoms with Crippen LogP contribution >= 0.6 is 0 Å². The first kappa shape index (κ1) is 21.7. The Morgan fingerprint density at radius 1 is 1.17 bits per heavy atom. The van der Waals surface area contributed by atoms with Gasteiger partial charge in [0.25, 0.3) is 0 Å². The molecule has 0 bridgehead atoms. The van der Waals surface area contributed by atoms with Crippen molar-refractivity contribution in [2.75, 3.05) is 31.6 Å². The van der Waals surface area contributed by atoms with Crippen molar-refractivity contribution in [1.29, 1.82) is 0 Å². The summed E-state index contributed by atoms with van der Waals surface area (Å²) in [5, 5.41) is 0. The first-order valence-electron chi connectivity index (χ1n) is 12.0. The number of rotatable bonds is 4. The van der Waals surface area contributed by atoms with Crippen LogP contribution in [0.15, 0.2) is 36.7 Å². The molecule has 3 aliphatic rings. The van der Waals surface area contributed by atoms with E-state index in [4.69, 9.17) is 10.7 Å². The molecule has 0 spiro atoms. The second kappa shape index (κ2) is 8.42. The molecule has 5 heterocycles. The average molecular weight is 470 g/mol. The molecule has 3 amide bonds. The zero-order chi connectivity index (χ0) is 24.1. The summed E-state index contributed by atoms with van der Waals surface area (Å²) in [4.78, 5) is 44.8. The summed E-state index contributed by atoms with van der Waals surface area (Å²) in [5.74, 6) is -0.326. The summed E-state index contributed by atoms with van der Waals surface area (Å²) in [6.07, 6.45) is 10.3. The standard InChI is InChI=1S/C26H27N7O2/c1-31-14-18-13-29-22-6-5-21(17-11-16-3-2-4-20(16)28-12-17)30-24(22)25(18)33(26(31)35)19-7-9-32(10-8-19)15-23(27)34/h2-3,5-6,11-13,19H,4,7-10,14-15H2,1H3,(H2,27,34). The lowest BCUT2D eigenvalue weighted by Crippen LogP contribution is -2.54. The van der Waals surface area contributed by atoms with Crippen LogP contribution in [0.3, 0.4) is 0 Å². The Morgan fingerprint density at radius 2 is 2.00 bits per heavy atom. The Bertz CT molecular complexity index is 1380. The lowest BCUT2D eigenvalue weighted by atomic mass is 9.99. The molecule has 0 saturated carbocycles. The van der Waals surface area contributed by atoms with Crippen LogP contribution in [0.1, 0.15) is 29.7 Å². The fraction of sp³-hybridized carbons (Fsp3) is 0.346. The molecule has 3 aromatic heterocycles. The Morgan fingerprint density at radius 3 is 2.80 bits per heavy atom. The highest BCUT2D eigenvalue weighted by Gasteiger charge is 2.37.